The lowest BCUT2D eigenvalue weighted by Gasteiger charge is -2.30. The van der Waals surface area contributed by atoms with Crippen molar-refractivity contribution in [2.75, 3.05) is 33.9 Å². The van der Waals surface area contributed by atoms with Crippen molar-refractivity contribution in [1.29, 1.82) is 0 Å². The lowest BCUT2D eigenvalue weighted by Crippen LogP contribution is -2.51. The van der Waals surface area contributed by atoms with E-state index in [2.05, 4.69) is 70.7 Å². The Labute approximate surface area is 354 Å². The molecule has 2 saturated heterocycles. The molecule has 5 N–H and O–H groups in total. The molecule has 7 aromatic rings. The van der Waals surface area contributed by atoms with Crippen molar-refractivity contribution in [3.05, 3.63) is 108 Å². The minimum absolute atomic E-state index is 0.120. The Morgan fingerprint density at radius 2 is 1.34 bits per heavy atom. The highest BCUT2D eigenvalue weighted by Gasteiger charge is 2.41. The number of imidazole rings is 2. The van der Waals surface area contributed by atoms with Gasteiger partial charge in [-0.2, -0.15) is 0 Å². The summed E-state index contributed by atoms with van der Waals surface area (Å²) in [6.07, 6.45) is 0.869. The second-order valence-electron chi connectivity index (χ2n) is 17.2. The fourth-order valence-corrected chi connectivity index (χ4v) is 9.52. The monoisotopic (exact) mass is 820 g/mol. The summed E-state index contributed by atoms with van der Waals surface area (Å²) in [7, 11) is 2.99. The summed E-state index contributed by atoms with van der Waals surface area (Å²) >= 11 is 0. The summed E-state index contributed by atoms with van der Waals surface area (Å²) in [6, 6.07) is 28.7. The first kappa shape index (κ1) is 40.1. The number of methoxy groups -OCH3 is 2. The van der Waals surface area contributed by atoms with Gasteiger partial charge < -0.3 is 40.3 Å². The van der Waals surface area contributed by atoms with Gasteiger partial charge >= 0.3 is 6.09 Å². The van der Waals surface area contributed by atoms with Crippen molar-refractivity contribution in [1.82, 2.24) is 35.1 Å². The van der Waals surface area contributed by atoms with Crippen LogP contribution in [0.25, 0.3) is 54.7 Å². The number of benzene rings is 5. The number of hydrogen-bond acceptors (Lipinski definition) is 8. The molecule has 2 fully saturated rings. The molecule has 2 aliphatic rings. The first-order chi connectivity index (χ1) is 29.5. The molecule has 9 rings (SSSR count). The second-order valence-corrected chi connectivity index (χ2v) is 17.2. The van der Waals surface area contributed by atoms with Gasteiger partial charge in [0.2, 0.25) is 11.8 Å². The molecule has 0 radical (unpaired) electrons. The second kappa shape index (κ2) is 16.3. The van der Waals surface area contributed by atoms with Gasteiger partial charge in [-0.05, 0) is 76.4 Å². The largest absolute Gasteiger partial charge is 0.453 e. The maximum Gasteiger partial charge on any atom is 0.407 e. The van der Waals surface area contributed by atoms with Gasteiger partial charge in [-0.3, -0.25) is 9.59 Å². The first-order valence-corrected chi connectivity index (χ1v) is 21.1. The standard InChI is InChI=1S/C48H52N8O5/c1-26(2)41(54-48(59)61-5)47(58)55-23-27(3)19-38(55)44-50-36-17-13-32-21-30(11-15-34(32)42(36)52-44)31-12-16-35-33(22-31)14-18-37-43(35)53-45(51-37)39-20-28(25-60-4)24-56(39)46(57)40(49)29-9-7-6-8-10-29/h6-18,21-22,26-28,38-41H,19-20,23-25,49H2,1-5H3,(H,50,52)(H,51,53)(H,54,59)/t27-,28-,38-,39-,40+,41-/m0/s1. The number of rotatable bonds is 10. The van der Waals surface area contributed by atoms with Gasteiger partial charge in [0.1, 0.15) is 23.7 Å². The van der Waals surface area contributed by atoms with Crippen LogP contribution >= 0.6 is 0 Å². The van der Waals surface area contributed by atoms with Crippen LogP contribution in [0.5, 0.6) is 0 Å². The predicted octanol–water partition coefficient (Wildman–Crippen LogP) is 7.94. The predicted molar refractivity (Wildman–Crippen MR) is 236 cm³/mol. The zero-order valence-electron chi connectivity index (χ0n) is 35.1. The summed E-state index contributed by atoms with van der Waals surface area (Å²) < 4.78 is 10.3. The number of carbonyl (C=O) groups is 3. The molecule has 3 amide bonds. The molecule has 13 nitrogen and oxygen atoms in total. The number of H-pyrrole nitrogens is 2. The van der Waals surface area contributed by atoms with Crippen LogP contribution in [0.1, 0.15) is 69.0 Å². The van der Waals surface area contributed by atoms with Crippen molar-refractivity contribution in [3.8, 4) is 11.1 Å². The summed E-state index contributed by atoms with van der Waals surface area (Å²) in [5, 5.41) is 6.97. The highest BCUT2D eigenvalue weighted by molar-refractivity contribution is 6.07. The number of fused-ring (bicyclic) bond motifs is 6. The van der Waals surface area contributed by atoms with Crippen LogP contribution in [0.3, 0.4) is 0 Å². The van der Waals surface area contributed by atoms with Crippen LogP contribution in [-0.4, -0.2) is 87.6 Å². The zero-order chi connectivity index (χ0) is 42.5. The maximum atomic E-state index is 13.9. The number of nitrogens with zero attached hydrogens (tertiary/aromatic N) is 4. The van der Waals surface area contributed by atoms with Crippen LogP contribution in [0.15, 0.2) is 91.0 Å². The quantitative estimate of drug-likeness (QED) is 0.108. The van der Waals surface area contributed by atoms with Gasteiger partial charge in [0.15, 0.2) is 0 Å². The van der Waals surface area contributed by atoms with Crippen LogP contribution in [0, 0.1) is 17.8 Å². The number of ether oxygens (including phenoxy) is 2. The highest BCUT2D eigenvalue weighted by Crippen LogP contribution is 2.40. The van der Waals surface area contributed by atoms with E-state index in [4.69, 9.17) is 25.2 Å². The fourth-order valence-electron chi connectivity index (χ4n) is 9.52. The molecule has 0 saturated carbocycles. The fraction of sp³-hybridized carbons (Fsp3) is 0.354. The highest BCUT2D eigenvalue weighted by atomic mass is 16.5. The number of carbonyl (C=O) groups excluding carboxylic acids is 3. The van der Waals surface area contributed by atoms with Gasteiger partial charge in [-0.15, -0.1) is 0 Å². The molecule has 5 aromatic carbocycles. The summed E-state index contributed by atoms with van der Waals surface area (Å²) in [4.78, 5) is 60.9. The summed E-state index contributed by atoms with van der Waals surface area (Å²) in [6.45, 7) is 7.64. The van der Waals surface area contributed by atoms with E-state index in [-0.39, 0.29) is 41.7 Å². The normalized spacial score (nSPS) is 20.3. The number of amides is 3. The van der Waals surface area contributed by atoms with E-state index < -0.39 is 18.2 Å². The zero-order valence-corrected chi connectivity index (χ0v) is 35.1. The maximum absolute atomic E-state index is 13.9. The Bertz CT molecular complexity index is 2780. The first-order valence-electron chi connectivity index (χ1n) is 21.1. The number of aromatic amines is 2. The Balaban J connectivity index is 0.989. The summed E-state index contributed by atoms with van der Waals surface area (Å²) in [5.41, 5.74) is 13.0. The van der Waals surface area contributed by atoms with E-state index in [1.165, 1.54) is 7.11 Å². The third-order valence-corrected chi connectivity index (χ3v) is 12.6. The van der Waals surface area contributed by atoms with Gasteiger partial charge in [0.05, 0.1) is 47.9 Å². The van der Waals surface area contributed by atoms with Crippen molar-refractivity contribution in [2.45, 2.75) is 57.8 Å². The van der Waals surface area contributed by atoms with Crippen LogP contribution < -0.4 is 11.1 Å². The molecule has 314 valence electrons. The molecule has 13 heteroatoms. The Morgan fingerprint density at radius 3 is 1.90 bits per heavy atom. The lowest BCUT2D eigenvalue weighted by atomic mass is 9.98. The molecule has 0 aliphatic carbocycles. The molecular weight excluding hydrogens is 769 g/mol. The van der Waals surface area contributed by atoms with E-state index in [0.717, 1.165) is 84.8 Å². The topological polar surface area (TPSA) is 172 Å². The average molecular weight is 821 g/mol. The SMILES string of the molecule is COC[C@H]1C[C@@H](c2nc3ccc4cc(-c5ccc6c(ccc7nc([C@@H]8C[C@H](C)CN8C(=O)[C@@H](NC(=O)OC)C(C)C)[nH]c76)c5)ccc4c3[nH]2)N(C(=O)[C@H](N)c2ccccc2)C1. The molecule has 2 aromatic heterocycles. The minimum Gasteiger partial charge on any atom is -0.453 e. The molecule has 0 spiro atoms. The number of alkyl carbamates (subject to hydrolysis) is 1. The molecule has 61 heavy (non-hydrogen) atoms. The minimum atomic E-state index is -0.766. The Morgan fingerprint density at radius 1 is 0.770 bits per heavy atom. The van der Waals surface area contributed by atoms with E-state index in [1.54, 1.807) is 7.11 Å². The molecular formula is C48H52N8O5. The van der Waals surface area contributed by atoms with Gasteiger partial charge in [-0.1, -0.05) is 87.5 Å². The van der Waals surface area contributed by atoms with Crippen LogP contribution in [0.2, 0.25) is 0 Å². The van der Waals surface area contributed by atoms with Gasteiger partial charge in [0, 0.05) is 36.9 Å². The number of aromatic nitrogens is 4. The smallest absolute Gasteiger partial charge is 0.407 e. The van der Waals surface area contributed by atoms with E-state index in [9.17, 15) is 14.4 Å². The number of nitrogens with one attached hydrogen (secondary N) is 3. The van der Waals surface area contributed by atoms with E-state index in [0.29, 0.717) is 19.7 Å². The van der Waals surface area contributed by atoms with Crippen LogP contribution in [-0.2, 0) is 19.1 Å². The average Bonchev–Trinajstić information content (AvgIpc) is 4.09. The lowest BCUT2D eigenvalue weighted by molar-refractivity contribution is -0.135. The third kappa shape index (κ3) is 7.46. The van der Waals surface area contributed by atoms with Crippen molar-refractivity contribution >= 4 is 61.5 Å². The van der Waals surface area contributed by atoms with Crippen LogP contribution in [0.4, 0.5) is 4.79 Å². The van der Waals surface area contributed by atoms with E-state index in [1.807, 2.05) is 66.1 Å². The van der Waals surface area contributed by atoms with Gasteiger partial charge in [0.25, 0.3) is 0 Å². The Kier molecular flexibility index (Phi) is 10.7. The number of likely N-dealkylation sites (tertiary alicyclic amines) is 2. The molecule has 0 bridgehead atoms. The molecule has 2 aliphatic heterocycles. The summed E-state index contributed by atoms with van der Waals surface area (Å²) in [5.74, 6) is 1.55. The number of hydrogen-bond donors (Lipinski definition) is 4. The molecule has 4 heterocycles. The number of nitrogens with two attached hydrogens (primary N) is 1. The van der Waals surface area contributed by atoms with Crippen molar-refractivity contribution < 1.29 is 23.9 Å². The molecule has 0 unspecified atom stereocenters. The van der Waals surface area contributed by atoms with E-state index >= 15 is 0 Å². The third-order valence-electron chi connectivity index (χ3n) is 12.6. The Hall–Kier alpha value is -6.31. The molecule has 6 atom stereocenters. The van der Waals surface area contributed by atoms with Gasteiger partial charge in [-0.25, -0.2) is 14.8 Å². The van der Waals surface area contributed by atoms with Crippen molar-refractivity contribution in [3.63, 3.8) is 0 Å². The van der Waals surface area contributed by atoms with Crippen molar-refractivity contribution in [2.24, 2.45) is 23.5 Å².